The Hall–Kier alpha value is -2.74. The molecule has 2 heteroatoms. The van der Waals surface area contributed by atoms with Gasteiger partial charge in [-0.1, -0.05) is 63.2 Å². The summed E-state index contributed by atoms with van der Waals surface area (Å²) >= 11 is 0. The van der Waals surface area contributed by atoms with Gasteiger partial charge in [0, 0.05) is 28.6 Å². The van der Waals surface area contributed by atoms with Crippen molar-refractivity contribution >= 4 is 21.7 Å². The maximum atomic E-state index is 4.78. The van der Waals surface area contributed by atoms with E-state index in [0.717, 1.165) is 17.6 Å². The van der Waals surface area contributed by atoms with E-state index in [0.29, 0.717) is 0 Å². The highest BCUT2D eigenvalue weighted by atomic mass is 14.7. The van der Waals surface area contributed by atoms with Gasteiger partial charge < -0.3 is 0 Å². The SMILES string of the molecule is CCc1cccc2c(C(C)(C)c3nccc4ccccc34)ccnc12. The van der Waals surface area contributed by atoms with Crippen LogP contribution >= 0.6 is 0 Å². The Bertz CT molecular complexity index is 1060. The number of pyridine rings is 2. The van der Waals surface area contributed by atoms with Gasteiger partial charge in [-0.05, 0) is 35.1 Å². The quantitative estimate of drug-likeness (QED) is 0.484. The highest BCUT2D eigenvalue weighted by Gasteiger charge is 2.28. The first-order chi connectivity index (χ1) is 12.1. The lowest BCUT2D eigenvalue weighted by atomic mass is 9.77. The van der Waals surface area contributed by atoms with Gasteiger partial charge in [0.15, 0.2) is 0 Å². The van der Waals surface area contributed by atoms with Crippen molar-refractivity contribution in [3.8, 4) is 0 Å². The summed E-state index contributed by atoms with van der Waals surface area (Å²) in [6.07, 6.45) is 4.84. The van der Waals surface area contributed by atoms with Crippen LogP contribution in [0.4, 0.5) is 0 Å². The van der Waals surface area contributed by atoms with Gasteiger partial charge in [0.1, 0.15) is 0 Å². The van der Waals surface area contributed by atoms with Crippen LogP contribution in [0, 0.1) is 0 Å². The van der Waals surface area contributed by atoms with Gasteiger partial charge in [-0.2, -0.15) is 0 Å². The largest absolute Gasteiger partial charge is 0.260 e. The van der Waals surface area contributed by atoms with E-state index in [9.17, 15) is 0 Å². The number of nitrogens with zero attached hydrogens (tertiary/aromatic N) is 2. The summed E-state index contributed by atoms with van der Waals surface area (Å²) in [5, 5.41) is 3.67. The lowest BCUT2D eigenvalue weighted by Gasteiger charge is -2.27. The first-order valence-corrected chi connectivity index (χ1v) is 8.84. The molecule has 2 heterocycles. The third-order valence-corrected chi connectivity index (χ3v) is 5.17. The highest BCUT2D eigenvalue weighted by Crippen LogP contribution is 2.38. The fourth-order valence-corrected chi connectivity index (χ4v) is 3.81. The van der Waals surface area contributed by atoms with E-state index < -0.39 is 0 Å². The summed E-state index contributed by atoms with van der Waals surface area (Å²) in [6, 6.07) is 19.2. The van der Waals surface area contributed by atoms with Crippen molar-refractivity contribution < 1.29 is 0 Å². The van der Waals surface area contributed by atoms with E-state index >= 15 is 0 Å². The second-order valence-corrected chi connectivity index (χ2v) is 7.03. The van der Waals surface area contributed by atoms with Crippen molar-refractivity contribution in [1.82, 2.24) is 9.97 Å². The minimum atomic E-state index is -0.214. The van der Waals surface area contributed by atoms with Crippen LogP contribution in [0.1, 0.15) is 37.6 Å². The predicted octanol–water partition coefficient (Wildman–Crippen LogP) is 5.67. The van der Waals surface area contributed by atoms with E-state index in [-0.39, 0.29) is 5.41 Å². The number of aromatic nitrogens is 2. The molecule has 25 heavy (non-hydrogen) atoms. The summed E-state index contributed by atoms with van der Waals surface area (Å²) in [5.74, 6) is 0. The van der Waals surface area contributed by atoms with Gasteiger partial charge in [-0.25, -0.2) is 0 Å². The smallest absolute Gasteiger partial charge is 0.0736 e. The van der Waals surface area contributed by atoms with Gasteiger partial charge in [0.05, 0.1) is 11.2 Å². The summed E-state index contributed by atoms with van der Waals surface area (Å²) in [7, 11) is 0. The molecule has 4 rings (SSSR count). The first-order valence-electron chi connectivity index (χ1n) is 8.84. The molecule has 0 fully saturated rings. The van der Waals surface area contributed by atoms with E-state index in [1.165, 1.54) is 27.3 Å². The molecular weight excluding hydrogens is 304 g/mol. The Balaban J connectivity index is 2.01. The van der Waals surface area contributed by atoms with Gasteiger partial charge in [0.25, 0.3) is 0 Å². The van der Waals surface area contributed by atoms with Crippen molar-refractivity contribution in [2.45, 2.75) is 32.6 Å². The standard InChI is InChI=1S/C23H22N2/c1-4-16-9-7-11-19-20(13-15-24-21(16)19)23(2,3)22-18-10-6-5-8-17(18)12-14-25-22/h5-15H,4H2,1-3H3. The van der Waals surface area contributed by atoms with Gasteiger partial charge in [-0.15, -0.1) is 0 Å². The third kappa shape index (κ3) is 2.49. The van der Waals surface area contributed by atoms with Crippen LogP contribution in [0.25, 0.3) is 21.7 Å². The van der Waals surface area contributed by atoms with Crippen molar-refractivity contribution in [2.24, 2.45) is 0 Å². The molecule has 0 radical (unpaired) electrons. The predicted molar refractivity (Wildman–Crippen MR) is 105 cm³/mol. The summed E-state index contributed by atoms with van der Waals surface area (Å²) in [4.78, 5) is 9.45. The lowest BCUT2D eigenvalue weighted by molar-refractivity contribution is 0.629. The molecule has 0 aliphatic heterocycles. The van der Waals surface area contributed by atoms with Crippen LogP contribution in [0.2, 0.25) is 0 Å². The number of hydrogen-bond acceptors (Lipinski definition) is 2. The van der Waals surface area contributed by atoms with Crippen LogP contribution in [0.5, 0.6) is 0 Å². The summed E-state index contributed by atoms with van der Waals surface area (Å²) in [6.45, 7) is 6.70. The summed E-state index contributed by atoms with van der Waals surface area (Å²) < 4.78 is 0. The zero-order valence-electron chi connectivity index (χ0n) is 15.0. The van der Waals surface area contributed by atoms with E-state index in [4.69, 9.17) is 4.98 Å². The molecule has 0 saturated heterocycles. The van der Waals surface area contributed by atoms with Crippen LogP contribution in [-0.4, -0.2) is 9.97 Å². The molecule has 0 atom stereocenters. The number of rotatable bonds is 3. The second kappa shape index (κ2) is 5.96. The Morgan fingerprint density at radius 1 is 0.800 bits per heavy atom. The van der Waals surface area contributed by atoms with E-state index in [1.807, 2.05) is 12.4 Å². The molecule has 0 aliphatic carbocycles. The zero-order chi connectivity index (χ0) is 17.4. The molecular formula is C23H22N2. The fourth-order valence-electron chi connectivity index (χ4n) is 3.81. The molecule has 124 valence electrons. The maximum Gasteiger partial charge on any atom is 0.0736 e. The average Bonchev–Trinajstić information content (AvgIpc) is 2.66. The van der Waals surface area contributed by atoms with Crippen molar-refractivity contribution in [3.05, 3.63) is 83.8 Å². The van der Waals surface area contributed by atoms with Gasteiger partial charge >= 0.3 is 0 Å². The molecule has 2 aromatic heterocycles. The van der Waals surface area contributed by atoms with Gasteiger partial charge in [0.2, 0.25) is 0 Å². The van der Waals surface area contributed by atoms with E-state index in [2.05, 4.69) is 80.4 Å². The number of para-hydroxylation sites is 1. The minimum Gasteiger partial charge on any atom is -0.260 e. The molecule has 2 nitrogen and oxygen atoms in total. The molecule has 4 aromatic rings. The molecule has 2 aromatic carbocycles. The van der Waals surface area contributed by atoms with Crippen molar-refractivity contribution in [3.63, 3.8) is 0 Å². The third-order valence-electron chi connectivity index (χ3n) is 5.17. The normalized spacial score (nSPS) is 12.0. The first kappa shape index (κ1) is 15.8. The van der Waals surface area contributed by atoms with Crippen LogP contribution in [0.3, 0.4) is 0 Å². The van der Waals surface area contributed by atoms with Gasteiger partial charge in [-0.3, -0.25) is 9.97 Å². The van der Waals surface area contributed by atoms with Crippen LogP contribution in [-0.2, 0) is 11.8 Å². The average molecular weight is 326 g/mol. The number of fused-ring (bicyclic) bond motifs is 2. The Kier molecular flexibility index (Phi) is 3.76. The molecule has 0 N–H and O–H groups in total. The number of hydrogen-bond donors (Lipinski definition) is 0. The topological polar surface area (TPSA) is 25.8 Å². The summed E-state index contributed by atoms with van der Waals surface area (Å²) in [5.41, 5.74) is 4.57. The molecule has 0 amide bonds. The Morgan fingerprint density at radius 2 is 1.56 bits per heavy atom. The molecule has 0 aliphatic rings. The molecule has 0 spiro atoms. The molecule has 0 unspecified atom stereocenters. The monoisotopic (exact) mass is 326 g/mol. The number of benzene rings is 2. The number of aryl methyl sites for hydroxylation is 1. The Labute approximate surface area is 148 Å². The van der Waals surface area contributed by atoms with Crippen molar-refractivity contribution in [2.75, 3.05) is 0 Å². The maximum absolute atomic E-state index is 4.78. The minimum absolute atomic E-state index is 0.214. The fraction of sp³-hybridized carbons (Fsp3) is 0.217. The van der Waals surface area contributed by atoms with Crippen LogP contribution < -0.4 is 0 Å². The molecule has 0 saturated carbocycles. The highest BCUT2D eigenvalue weighted by molar-refractivity contribution is 5.89. The van der Waals surface area contributed by atoms with E-state index in [1.54, 1.807) is 0 Å². The Morgan fingerprint density at radius 3 is 2.40 bits per heavy atom. The zero-order valence-corrected chi connectivity index (χ0v) is 15.0. The van der Waals surface area contributed by atoms with Crippen LogP contribution in [0.15, 0.2) is 67.0 Å². The lowest BCUT2D eigenvalue weighted by Crippen LogP contribution is -2.21. The second-order valence-electron chi connectivity index (χ2n) is 7.03. The molecule has 0 bridgehead atoms. The van der Waals surface area contributed by atoms with Crippen molar-refractivity contribution in [1.29, 1.82) is 0 Å².